The standard InChI is InChI=1S/C8H13NO4/c9-6(8(10)11)2-1-3-7-12-4-5-13-7/h4-7H,1-3,9H2,(H,10,11)/t6-/m0/s1. The first-order valence-electron chi connectivity index (χ1n) is 4.14. The van der Waals surface area contributed by atoms with Gasteiger partial charge in [-0.15, -0.1) is 0 Å². The van der Waals surface area contributed by atoms with Crippen LogP contribution in [-0.4, -0.2) is 23.4 Å². The highest BCUT2D eigenvalue weighted by molar-refractivity contribution is 5.72. The fourth-order valence-electron chi connectivity index (χ4n) is 1.04. The Labute approximate surface area is 76.1 Å². The highest BCUT2D eigenvalue weighted by Gasteiger charge is 2.15. The van der Waals surface area contributed by atoms with E-state index in [0.29, 0.717) is 19.3 Å². The SMILES string of the molecule is N[C@@H](CCCC1OC=CO1)C(=O)O. The average Bonchev–Trinajstić information content (AvgIpc) is 2.56. The average molecular weight is 187 g/mol. The number of carbonyl (C=O) groups is 1. The molecule has 1 aliphatic heterocycles. The summed E-state index contributed by atoms with van der Waals surface area (Å²) < 4.78 is 10.0. The van der Waals surface area contributed by atoms with Gasteiger partial charge in [-0.25, -0.2) is 0 Å². The topological polar surface area (TPSA) is 81.8 Å². The second kappa shape index (κ2) is 4.71. The number of rotatable bonds is 5. The number of nitrogens with two attached hydrogens (primary N) is 1. The minimum atomic E-state index is -0.966. The van der Waals surface area contributed by atoms with E-state index in [2.05, 4.69) is 0 Å². The van der Waals surface area contributed by atoms with E-state index in [1.165, 1.54) is 12.5 Å². The molecule has 0 unspecified atom stereocenters. The van der Waals surface area contributed by atoms with Crippen LogP contribution in [0.5, 0.6) is 0 Å². The number of carboxylic acids is 1. The molecular weight excluding hydrogens is 174 g/mol. The molecule has 0 aromatic rings. The van der Waals surface area contributed by atoms with Crippen LogP contribution in [0, 0.1) is 0 Å². The maximum absolute atomic E-state index is 10.3. The first-order valence-corrected chi connectivity index (χ1v) is 4.14. The summed E-state index contributed by atoms with van der Waals surface area (Å²) in [5, 5.41) is 8.47. The van der Waals surface area contributed by atoms with Gasteiger partial charge in [0.15, 0.2) is 0 Å². The third-order valence-electron chi connectivity index (χ3n) is 1.79. The van der Waals surface area contributed by atoms with Gasteiger partial charge in [-0.2, -0.15) is 0 Å². The molecule has 13 heavy (non-hydrogen) atoms. The van der Waals surface area contributed by atoms with Crippen LogP contribution in [0.15, 0.2) is 12.5 Å². The summed E-state index contributed by atoms with van der Waals surface area (Å²) in [7, 11) is 0. The molecule has 0 saturated carbocycles. The fourth-order valence-corrected chi connectivity index (χ4v) is 1.04. The normalized spacial score (nSPS) is 17.9. The largest absolute Gasteiger partial charge is 0.480 e. The minimum absolute atomic E-state index is 0.263. The van der Waals surface area contributed by atoms with Crippen molar-refractivity contribution in [2.45, 2.75) is 31.6 Å². The van der Waals surface area contributed by atoms with Crippen LogP contribution in [0.2, 0.25) is 0 Å². The molecule has 0 aliphatic carbocycles. The molecule has 0 fully saturated rings. The number of aliphatic carboxylic acids is 1. The first kappa shape index (κ1) is 9.85. The van der Waals surface area contributed by atoms with E-state index in [-0.39, 0.29) is 6.29 Å². The van der Waals surface area contributed by atoms with Crippen LogP contribution < -0.4 is 5.73 Å². The lowest BCUT2D eigenvalue weighted by atomic mass is 10.1. The van der Waals surface area contributed by atoms with E-state index in [0.717, 1.165) is 0 Å². The van der Waals surface area contributed by atoms with Gasteiger partial charge < -0.3 is 20.3 Å². The third kappa shape index (κ3) is 3.33. The Morgan fingerprint density at radius 2 is 2.15 bits per heavy atom. The highest BCUT2D eigenvalue weighted by atomic mass is 16.7. The van der Waals surface area contributed by atoms with Crippen LogP contribution in [-0.2, 0) is 14.3 Å². The van der Waals surface area contributed by atoms with Crippen molar-refractivity contribution in [2.24, 2.45) is 5.73 Å². The van der Waals surface area contributed by atoms with Crippen molar-refractivity contribution < 1.29 is 19.4 Å². The molecule has 0 saturated heterocycles. The van der Waals surface area contributed by atoms with Crippen molar-refractivity contribution in [2.75, 3.05) is 0 Å². The lowest BCUT2D eigenvalue weighted by molar-refractivity contribution is -0.138. The molecule has 0 spiro atoms. The Morgan fingerprint density at radius 3 is 2.69 bits per heavy atom. The number of hydrogen-bond donors (Lipinski definition) is 2. The molecular formula is C8H13NO4. The van der Waals surface area contributed by atoms with Gasteiger partial charge in [0, 0.05) is 6.42 Å². The summed E-state index contributed by atoms with van der Waals surface area (Å²) in [5.74, 6) is -0.966. The number of carboxylic acid groups (broad SMARTS) is 1. The van der Waals surface area contributed by atoms with Gasteiger partial charge >= 0.3 is 5.97 Å². The van der Waals surface area contributed by atoms with Crippen LogP contribution in [0.1, 0.15) is 19.3 Å². The molecule has 3 N–H and O–H groups in total. The van der Waals surface area contributed by atoms with E-state index in [1.807, 2.05) is 0 Å². The van der Waals surface area contributed by atoms with Gasteiger partial charge in [0.1, 0.15) is 18.6 Å². The van der Waals surface area contributed by atoms with Crippen molar-refractivity contribution >= 4 is 5.97 Å². The van der Waals surface area contributed by atoms with Gasteiger partial charge in [0.2, 0.25) is 6.29 Å². The summed E-state index contributed by atoms with van der Waals surface area (Å²) in [6.07, 6.45) is 4.47. The predicted octanol–water partition coefficient (Wildman–Crippen LogP) is 0.413. The molecule has 1 aliphatic rings. The number of ether oxygens (including phenoxy) is 2. The van der Waals surface area contributed by atoms with Gasteiger partial charge in [0.25, 0.3) is 0 Å². The predicted molar refractivity (Wildman–Crippen MR) is 44.6 cm³/mol. The van der Waals surface area contributed by atoms with E-state index in [9.17, 15) is 4.79 Å². The molecule has 0 amide bonds. The Morgan fingerprint density at radius 1 is 1.54 bits per heavy atom. The Hall–Kier alpha value is -1.23. The Kier molecular flexibility index (Phi) is 3.57. The van der Waals surface area contributed by atoms with E-state index < -0.39 is 12.0 Å². The van der Waals surface area contributed by atoms with Crippen molar-refractivity contribution in [1.82, 2.24) is 0 Å². The molecule has 1 heterocycles. The Bertz CT molecular complexity index is 196. The van der Waals surface area contributed by atoms with Gasteiger partial charge in [-0.05, 0) is 12.8 Å². The highest BCUT2D eigenvalue weighted by Crippen LogP contribution is 2.12. The molecule has 0 bridgehead atoms. The summed E-state index contributed by atoms with van der Waals surface area (Å²) in [6, 6.07) is -0.783. The lowest BCUT2D eigenvalue weighted by Crippen LogP contribution is -2.30. The summed E-state index contributed by atoms with van der Waals surface area (Å²) in [4.78, 5) is 10.3. The molecule has 0 radical (unpaired) electrons. The van der Waals surface area contributed by atoms with Crippen LogP contribution >= 0.6 is 0 Å². The van der Waals surface area contributed by atoms with Gasteiger partial charge in [-0.3, -0.25) is 4.79 Å². The monoisotopic (exact) mass is 187 g/mol. The van der Waals surface area contributed by atoms with Crippen molar-refractivity contribution in [3.63, 3.8) is 0 Å². The second-order valence-electron chi connectivity index (χ2n) is 2.85. The van der Waals surface area contributed by atoms with Crippen molar-refractivity contribution in [1.29, 1.82) is 0 Å². The van der Waals surface area contributed by atoms with Gasteiger partial charge in [0.05, 0.1) is 0 Å². The van der Waals surface area contributed by atoms with E-state index in [1.54, 1.807) is 0 Å². The second-order valence-corrected chi connectivity index (χ2v) is 2.85. The Balaban J connectivity index is 2.03. The minimum Gasteiger partial charge on any atom is -0.480 e. The van der Waals surface area contributed by atoms with Crippen LogP contribution in [0.3, 0.4) is 0 Å². The molecule has 1 atom stereocenters. The fraction of sp³-hybridized carbons (Fsp3) is 0.625. The molecule has 1 rings (SSSR count). The van der Waals surface area contributed by atoms with E-state index >= 15 is 0 Å². The molecule has 74 valence electrons. The summed E-state index contributed by atoms with van der Waals surface area (Å²) >= 11 is 0. The molecule has 0 aromatic carbocycles. The van der Waals surface area contributed by atoms with Crippen molar-refractivity contribution in [3.8, 4) is 0 Å². The molecule has 5 heteroatoms. The maximum Gasteiger partial charge on any atom is 0.320 e. The van der Waals surface area contributed by atoms with Crippen LogP contribution in [0.4, 0.5) is 0 Å². The maximum atomic E-state index is 10.3. The quantitative estimate of drug-likeness (QED) is 0.651. The first-order chi connectivity index (χ1) is 6.20. The lowest BCUT2D eigenvalue weighted by Gasteiger charge is -2.10. The van der Waals surface area contributed by atoms with E-state index in [4.69, 9.17) is 20.3 Å². The molecule has 5 nitrogen and oxygen atoms in total. The van der Waals surface area contributed by atoms with Crippen molar-refractivity contribution in [3.05, 3.63) is 12.5 Å². The third-order valence-corrected chi connectivity index (χ3v) is 1.79. The zero-order chi connectivity index (χ0) is 9.68. The zero-order valence-corrected chi connectivity index (χ0v) is 7.18. The van der Waals surface area contributed by atoms with Crippen LogP contribution in [0.25, 0.3) is 0 Å². The summed E-state index contributed by atoms with van der Waals surface area (Å²) in [6.45, 7) is 0. The summed E-state index contributed by atoms with van der Waals surface area (Å²) in [5.41, 5.74) is 5.30. The zero-order valence-electron chi connectivity index (χ0n) is 7.18. The molecule has 0 aromatic heterocycles. The number of hydrogen-bond acceptors (Lipinski definition) is 4. The smallest absolute Gasteiger partial charge is 0.320 e. The van der Waals surface area contributed by atoms with Gasteiger partial charge in [-0.1, -0.05) is 0 Å².